The number of fused-ring (bicyclic) bond motifs is 1. The molecule has 2 aromatic heterocycles. The molecule has 1 aliphatic carbocycles. The summed E-state index contributed by atoms with van der Waals surface area (Å²) < 4.78 is 2.13. The average molecular weight is 289 g/mol. The summed E-state index contributed by atoms with van der Waals surface area (Å²) in [5.41, 5.74) is 1.58. The predicted octanol–water partition coefficient (Wildman–Crippen LogP) is 3.45. The van der Waals surface area contributed by atoms with Crippen molar-refractivity contribution in [1.82, 2.24) is 14.9 Å². The van der Waals surface area contributed by atoms with E-state index in [0.29, 0.717) is 0 Å². The molecular formula is C16H23N3S. The third-order valence-corrected chi connectivity index (χ3v) is 5.32. The van der Waals surface area contributed by atoms with Crippen LogP contribution in [0.1, 0.15) is 53.4 Å². The van der Waals surface area contributed by atoms with Gasteiger partial charge < -0.3 is 9.88 Å². The molecule has 3 rings (SSSR count). The molecule has 2 aromatic rings. The normalized spacial score (nSPS) is 16.1. The van der Waals surface area contributed by atoms with E-state index in [4.69, 9.17) is 0 Å². The minimum absolute atomic E-state index is 0.241. The number of thiophene rings is 1. The van der Waals surface area contributed by atoms with Gasteiger partial charge >= 0.3 is 0 Å². The number of aryl methyl sites for hydroxylation is 3. The number of nitrogens with zero attached hydrogens (tertiary/aromatic N) is 2. The van der Waals surface area contributed by atoms with E-state index >= 15 is 0 Å². The first-order chi connectivity index (χ1) is 9.79. The first-order valence-corrected chi connectivity index (χ1v) is 8.43. The van der Waals surface area contributed by atoms with Crippen LogP contribution in [0.2, 0.25) is 0 Å². The molecule has 1 unspecified atom stereocenters. The molecule has 2 heterocycles. The second kappa shape index (κ2) is 6.10. The van der Waals surface area contributed by atoms with Crippen molar-refractivity contribution in [1.29, 1.82) is 0 Å². The maximum absolute atomic E-state index is 4.56. The van der Waals surface area contributed by atoms with Crippen molar-refractivity contribution in [2.24, 2.45) is 7.05 Å². The van der Waals surface area contributed by atoms with Crippen molar-refractivity contribution in [2.45, 2.75) is 45.1 Å². The number of hydrogen-bond acceptors (Lipinski definition) is 3. The number of rotatable bonds is 5. The fourth-order valence-corrected chi connectivity index (χ4v) is 4.25. The Bertz CT molecular complexity index is 547. The summed E-state index contributed by atoms with van der Waals surface area (Å²) in [5.74, 6) is 1.12. The standard InChI is InChI=1S/C16H23N3S/c1-3-8-17-15(16-18-9-10-19(16)2)14-11-12-6-4-5-7-13(12)20-14/h9-11,15,17H,3-8H2,1-2H3. The van der Waals surface area contributed by atoms with Crippen LogP contribution in [0.4, 0.5) is 0 Å². The van der Waals surface area contributed by atoms with E-state index in [1.54, 1.807) is 10.4 Å². The van der Waals surface area contributed by atoms with Crippen LogP contribution in [0.5, 0.6) is 0 Å². The molecule has 1 N–H and O–H groups in total. The highest BCUT2D eigenvalue weighted by Crippen LogP contribution is 2.34. The molecule has 4 heteroatoms. The van der Waals surface area contributed by atoms with Gasteiger partial charge in [-0.25, -0.2) is 4.98 Å². The molecule has 0 saturated heterocycles. The van der Waals surface area contributed by atoms with E-state index in [1.807, 2.05) is 23.7 Å². The quantitative estimate of drug-likeness (QED) is 0.913. The van der Waals surface area contributed by atoms with Gasteiger partial charge in [0.2, 0.25) is 0 Å². The zero-order valence-corrected chi connectivity index (χ0v) is 13.2. The summed E-state index contributed by atoms with van der Waals surface area (Å²) in [4.78, 5) is 7.59. The largest absolute Gasteiger partial charge is 0.336 e. The first-order valence-electron chi connectivity index (χ1n) is 7.61. The highest BCUT2D eigenvalue weighted by atomic mass is 32.1. The smallest absolute Gasteiger partial charge is 0.131 e. The van der Waals surface area contributed by atoms with E-state index in [1.165, 1.54) is 30.6 Å². The minimum Gasteiger partial charge on any atom is -0.336 e. The molecule has 20 heavy (non-hydrogen) atoms. The molecule has 0 fully saturated rings. The van der Waals surface area contributed by atoms with Crippen molar-refractivity contribution in [3.8, 4) is 0 Å². The maximum atomic E-state index is 4.56. The number of aromatic nitrogens is 2. The van der Waals surface area contributed by atoms with Crippen LogP contribution in [0.3, 0.4) is 0 Å². The first kappa shape index (κ1) is 13.8. The van der Waals surface area contributed by atoms with Crippen molar-refractivity contribution in [2.75, 3.05) is 6.54 Å². The van der Waals surface area contributed by atoms with Crippen LogP contribution < -0.4 is 5.32 Å². The monoisotopic (exact) mass is 289 g/mol. The van der Waals surface area contributed by atoms with Gasteiger partial charge in [-0.1, -0.05) is 6.92 Å². The highest BCUT2D eigenvalue weighted by molar-refractivity contribution is 7.12. The van der Waals surface area contributed by atoms with Gasteiger partial charge in [-0.3, -0.25) is 0 Å². The summed E-state index contributed by atoms with van der Waals surface area (Å²) in [6, 6.07) is 2.66. The molecule has 0 aromatic carbocycles. The third-order valence-electron chi connectivity index (χ3n) is 4.02. The summed E-state index contributed by atoms with van der Waals surface area (Å²) in [5, 5.41) is 3.67. The summed E-state index contributed by atoms with van der Waals surface area (Å²) in [6.07, 6.45) is 10.3. The lowest BCUT2D eigenvalue weighted by atomic mass is 9.99. The van der Waals surface area contributed by atoms with Gasteiger partial charge in [0.15, 0.2) is 0 Å². The Morgan fingerprint density at radius 3 is 2.95 bits per heavy atom. The lowest BCUT2D eigenvalue weighted by Crippen LogP contribution is -2.25. The van der Waals surface area contributed by atoms with E-state index in [9.17, 15) is 0 Å². The van der Waals surface area contributed by atoms with Crippen molar-refractivity contribution < 1.29 is 0 Å². The lowest BCUT2D eigenvalue weighted by molar-refractivity contribution is 0.562. The Morgan fingerprint density at radius 1 is 1.40 bits per heavy atom. The van der Waals surface area contributed by atoms with Gasteiger partial charge in [-0.2, -0.15) is 0 Å². The van der Waals surface area contributed by atoms with Crippen molar-refractivity contribution >= 4 is 11.3 Å². The molecule has 1 atom stereocenters. The van der Waals surface area contributed by atoms with Gasteiger partial charge in [-0.15, -0.1) is 11.3 Å². The molecule has 0 aliphatic heterocycles. The highest BCUT2D eigenvalue weighted by Gasteiger charge is 2.22. The zero-order chi connectivity index (χ0) is 13.9. The van der Waals surface area contributed by atoms with E-state index < -0.39 is 0 Å². The Balaban J connectivity index is 1.92. The molecule has 0 bridgehead atoms. The molecule has 0 amide bonds. The molecule has 1 aliphatic rings. The Morgan fingerprint density at radius 2 is 2.25 bits per heavy atom. The average Bonchev–Trinajstić information content (AvgIpc) is 3.06. The Labute approximate surface area is 125 Å². The topological polar surface area (TPSA) is 29.9 Å². The van der Waals surface area contributed by atoms with E-state index in [-0.39, 0.29) is 6.04 Å². The summed E-state index contributed by atoms with van der Waals surface area (Å²) >= 11 is 1.98. The molecule has 108 valence electrons. The fraction of sp³-hybridized carbons (Fsp3) is 0.562. The predicted molar refractivity (Wildman–Crippen MR) is 84.3 cm³/mol. The number of imidazole rings is 1. The van der Waals surface area contributed by atoms with Crippen LogP contribution in [0, 0.1) is 0 Å². The summed E-state index contributed by atoms with van der Waals surface area (Å²) in [7, 11) is 2.08. The second-order valence-electron chi connectivity index (χ2n) is 5.59. The van der Waals surface area contributed by atoms with Gasteiger partial charge in [0.1, 0.15) is 11.9 Å². The SMILES string of the molecule is CCCNC(c1cc2c(s1)CCCC2)c1nccn1C. The van der Waals surface area contributed by atoms with E-state index in [0.717, 1.165) is 18.8 Å². The number of nitrogens with one attached hydrogen (secondary N) is 1. The lowest BCUT2D eigenvalue weighted by Gasteiger charge is -2.16. The molecule has 3 nitrogen and oxygen atoms in total. The van der Waals surface area contributed by atoms with Crippen molar-refractivity contribution in [3.05, 3.63) is 39.6 Å². The van der Waals surface area contributed by atoms with Crippen LogP contribution in [-0.4, -0.2) is 16.1 Å². The van der Waals surface area contributed by atoms with Gasteiger partial charge in [0.05, 0.1) is 0 Å². The van der Waals surface area contributed by atoms with Gasteiger partial charge in [0, 0.05) is 29.2 Å². The van der Waals surface area contributed by atoms with Gasteiger partial charge in [0.25, 0.3) is 0 Å². The molecular weight excluding hydrogens is 266 g/mol. The molecule has 0 spiro atoms. The van der Waals surface area contributed by atoms with Gasteiger partial charge in [-0.05, 0) is 50.3 Å². The number of hydrogen-bond donors (Lipinski definition) is 1. The van der Waals surface area contributed by atoms with Crippen LogP contribution in [0.25, 0.3) is 0 Å². The molecule has 0 radical (unpaired) electrons. The Kier molecular flexibility index (Phi) is 4.22. The van der Waals surface area contributed by atoms with E-state index in [2.05, 4.69) is 34.9 Å². The zero-order valence-electron chi connectivity index (χ0n) is 12.4. The van der Waals surface area contributed by atoms with Crippen LogP contribution in [-0.2, 0) is 19.9 Å². The third kappa shape index (κ3) is 2.67. The minimum atomic E-state index is 0.241. The van der Waals surface area contributed by atoms with Crippen molar-refractivity contribution in [3.63, 3.8) is 0 Å². The maximum Gasteiger partial charge on any atom is 0.131 e. The molecule has 0 saturated carbocycles. The fourth-order valence-electron chi connectivity index (χ4n) is 2.92. The summed E-state index contributed by atoms with van der Waals surface area (Å²) in [6.45, 7) is 3.24. The van der Waals surface area contributed by atoms with Crippen LogP contribution >= 0.6 is 11.3 Å². The van der Waals surface area contributed by atoms with Crippen LogP contribution in [0.15, 0.2) is 18.5 Å². The second-order valence-corrected chi connectivity index (χ2v) is 6.76. The Hall–Kier alpha value is -1.13.